The Morgan fingerprint density at radius 2 is 1.65 bits per heavy atom. The van der Waals surface area contributed by atoms with Crippen molar-refractivity contribution in [2.75, 3.05) is 0 Å². The zero-order valence-corrected chi connectivity index (χ0v) is 16.8. The van der Waals surface area contributed by atoms with Crippen molar-refractivity contribution in [1.29, 1.82) is 0 Å². The van der Waals surface area contributed by atoms with Crippen LogP contribution in [-0.2, 0) is 9.59 Å². The van der Waals surface area contributed by atoms with Gasteiger partial charge < -0.3 is 11.1 Å². The summed E-state index contributed by atoms with van der Waals surface area (Å²) in [5.74, 6) is -2.21. The monoisotopic (exact) mass is 414 g/mol. The molecule has 3 aromatic rings. The molecule has 0 aliphatic heterocycles. The van der Waals surface area contributed by atoms with E-state index in [9.17, 15) is 14.4 Å². The van der Waals surface area contributed by atoms with Crippen LogP contribution < -0.4 is 11.1 Å². The largest absolute Gasteiger partial charge is 0.363 e. The second kappa shape index (κ2) is 7.19. The highest BCUT2D eigenvalue weighted by atomic mass is 16.2. The van der Waals surface area contributed by atoms with Crippen LogP contribution in [0.4, 0.5) is 0 Å². The molecular weight excluding hydrogens is 392 g/mol. The van der Waals surface area contributed by atoms with E-state index >= 15 is 0 Å². The van der Waals surface area contributed by atoms with Crippen molar-refractivity contribution in [1.82, 2.24) is 15.1 Å². The summed E-state index contributed by atoms with van der Waals surface area (Å²) in [5.41, 5.74) is 6.84. The van der Waals surface area contributed by atoms with Crippen molar-refractivity contribution in [3.63, 3.8) is 0 Å². The maximum atomic E-state index is 13.4. The molecule has 2 saturated carbocycles. The Labute approximate surface area is 179 Å². The average molecular weight is 414 g/mol. The molecule has 7 heteroatoms. The minimum Gasteiger partial charge on any atom is -0.363 e. The number of para-hydroxylation sites is 1. The van der Waals surface area contributed by atoms with Gasteiger partial charge in [0, 0.05) is 11.8 Å². The van der Waals surface area contributed by atoms with Crippen molar-refractivity contribution in [2.24, 2.45) is 5.73 Å². The number of rotatable bonds is 7. The molecule has 2 amide bonds. The molecule has 2 fully saturated rings. The quantitative estimate of drug-likeness (QED) is 0.579. The minimum absolute atomic E-state index is 0.298. The lowest BCUT2D eigenvalue weighted by Gasteiger charge is -2.17. The van der Waals surface area contributed by atoms with Gasteiger partial charge in [-0.3, -0.25) is 14.4 Å². The predicted octanol–water partition coefficient (Wildman–Crippen LogP) is 2.46. The van der Waals surface area contributed by atoms with E-state index in [0.717, 1.165) is 29.8 Å². The summed E-state index contributed by atoms with van der Waals surface area (Å²) in [6, 6.07) is 20.5. The zero-order chi connectivity index (χ0) is 21.6. The van der Waals surface area contributed by atoms with Crippen LogP contribution in [0.2, 0.25) is 0 Å². The van der Waals surface area contributed by atoms with Gasteiger partial charge in [0.25, 0.3) is 11.8 Å². The lowest BCUT2D eigenvalue weighted by atomic mass is 10.0. The first-order valence-electron chi connectivity index (χ1n) is 10.4. The molecule has 1 aromatic heterocycles. The van der Waals surface area contributed by atoms with Gasteiger partial charge in [0.15, 0.2) is 0 Å². The highest BCUT2D eigenvalue weighted by molar-refractivity contribution is 6.40. The molecule has 3 N–H and O–H groups in total. The number of amides is 2. The normalized spacial score (nSPS) is 22.0. The number of Topliss-reactive ketones (excluding diaryl/α,β-unsaturated/α-hetero) is 1. The number of primary amides is 1. The summed E-state index contributed by atoms with van der Waals surface area (Å²) in [6.07, 6.45) is 2.43. The number of aromatic nitrogens is 2. The maximum Gasteiger partial charge on any atom is 0.287 e. The number of carbonyl (C=O) groups excluding carboxylic acids is 3. The molecule has 0 spiro atoms. The highest BCUT2D eigenvalue weighted by Crippen LogP contribution is 2.52. The Kier molecular flexibility index (Phi) is 4.46. The number of nitrogens with one attached hydrogen (secondary N) is 1. The van der Waals surface area contributed by atoms with Gasteiger partial charge in [0.05, 0.1) is 11.4 Å². The molecule has 2 aliphatic carbocycles. The molecule has 0 saturated heterocycles. The molecule has 0 bridgehead atoms. The smallest absolute Gasteiger partial charge is 0.287 e. The molecule has 156 valence electrons. The Bertz CT molecular complexity index is 1170. The number of benzene rings is 2. The maximum absolute atomic E-state index is 13.4. The second-order valence-corrected chi connectivity index (χ2v) is 8.26. The van der Waals surface area contributed by atoms with Crippen LogP contribution in [0, 0.1) is 0 Å². The molecule has 7 nitrogen and oxygen atoms in total. The topological polar surface area (TPSA) is 107 Å². The first-order valence-corrected chi connectivity index (χ1v) is 10.4. The summed E-state index contributed by atoms with van der Waals surface area (Å²) in [5, 5.41) is 7.50. The van der Waals surface area contributed by atoms with E-state index in [1.807, 2.05) is 60.7 Å². The van der Waals surface area contributed by atoms with E-state index in [0.29, 0.717) is 18.0 Å². The van der Waals surface area contributed by atoms with Gasteiger partial charge in [-0.2, -0.15) is 5.10 Å². The Morgan fingerprint density at radius 1 is 1.00 bits per heavy atom. The lowest BCUT2D eigenvalue weighted by Crippen LogP contribution is -2.49. The number of nitrogens with zero attached hydrogens (tertiary/aromatic N) is 2. The third kappa shape index (κ3) is 3.42. The Hall–Kier alpha value is -3.74. The van der Waals surface area contributed by atoms with Crippen molar-refractivity contribution in [2.45, 2.75) is 36.6 Å². The number of nitrogens with two attached hydrogens (primary N) is 1. The minimum atomic E-state index is -1.32. The average Bonchev–Trinajstić information content (AvgIpc) is 3.72. The molecule has 31 heavy (non-hydrogen) atoms. The summed E-state index contributed by atoms with van der Waals surface area (Å²) in [4.78, 5) is 37.9. The van der Waals surface area contributed by atoms with E-state index in [4.69, 9.17) is 5.73 Å². The first-order chi connectivity index (χ1) is 15.0. The fourth-order valence-electron chi connectivity index (χ4n) is 4.19. The Balaban J connectivity index is 1.50. The fourth-order valence-corrected chi connectivity index (χ4v) is 4.19. The molecule has 2 aliphatic rings. The number of carbonyl (C=O) groups is 3. The summed E-state index contributed by atoms with van der Waals surface area (Å²) >= 11 is 0. The van der Waals surface area contributed by atoms with Crippen LogP contribution in [0.5, 0.6) is 0 Å². The Morgan fingerprint density at radius 3 is 2.26 bits per heavy atom. The molecule has 2 atom stereocenters. The van der Waals surface area contributed by atoms with Crippen LogP contribution in [0.15, 0.2) is 66.7 Å². The van der Waals surface area contributed by atoms with Gasteiger partial charge in [-0.15, -0.1) is 0 Å². The van der Waals surface area contributed by atoms with Crippen LogP contribution >= 0.6 is 0 Å². The van der Waals surface area contributed by atoms with Gasteiger partial charge in [0.1, 0.15) is 11.2 Å². The first kappa shape index (κ1) is 19.2. The molecule has 1 heterocycles. The van der Waals surface area contributed by atoms with E-state index < -0.39 is 23.1 Å². The fraction of sp³-hybridized carbons (Fsp3) is 0.250. The lowest BCUT2D eigenvalue weighted by molar-refractivity contribution is -0.137. The summed E-state index contributed by atoms with van der Waals surface area (Å²) in [7, 11) is 0. The van der Waals surface area contributed by atoms with E-state index in [1.54, 1.807) is 10.7 Å². The number of ketones is 1. The van der Waals surface area contributed by atoms with Gasteiger partial charge in [-0.1, -0.05) is 48.5 Å². The predicted molar refractivity (Wildman–Crippen MR) is 114 cm³/mol. The van der Waals surface area contributed by atoms with E-state index in [-0.39, 0.29) is 5.92 Å². The molecule has 0 radical (unpaired) electrons. The zero-order valence-electron chi connectivity index (χ0n) is 16.8. The molecular formula is C24H22N4O3. The standard InChI is InChI=1S/C24H22N4O3/c25-22(30)21(29)24(14-18(24)15-7-3-1-4-8-15)26-23(31)20-13-19(16-11-12-16)27-28(20)17-9-5-2-6-10-17/h1-10,13,16,18H,11-12,14H2,(H2,25,30)(H,26,31)/t18?,24-/m1/s1. The van der Waals surface area contributed by atoms with Gasteiger partial charge in [-0.25, -0.2) is 4.68 Å². The third-order valence-corrected chi connectivity index (χ3v) is 6.09. The van der Waals surface area contributed by atoms with Crippen molar-refractivity contribution in [3.8, 4) is 5.69 Å². The van der Waals surface area contributed by atoms with Crippen LogP contribution in [0.25, 0.3) is 5.69 Å². The van der Waals surface area contributed by atoms with Crippen molar-refractivity contribution < 1.29 is 14.4 Å². The van der Waals surface area contributed by atoms with Gasteiger partial charge in [-0.05, 0) is 43.0 Å². The van der Waals surface area contributed by atoms with Crippen LogP contribution in [0.1, 0.15) is 52.8 Å². The van der Waals surface area contributed by atoms with Crippen LogP contribution in [0.3, 0.4) is 0 Å². The van der Waals surface area contributed by atoms with Crippen molar-refractivity contribution >= 4 is 17.6 Å². The van der Waals surface area contributed by atoms with Gasteiger partial charge in [0.2, 0.25) is 5.78 Å². The van der Waals surface area contributed by atoms with E-state index in [1.165, 1.54) is 0 Å². The van der Waals surface area contributed by atoms with Crippen molar-refractivity contribution in [3.05, 3.63) is 83.7 Å². The third-order valence-electron chi connectivity index (χ3n) is 6.09. The molecule has 5 rings (SSSR count). The van der Waals surface area contributed by atoms with Gasteiger partial charge >= 0.3 is 0 Å². The summed E-state index contributed by atoms with van der Waals surface area (Å²) in [6.45, 7) is 0. The summed E-state index contributed by atoms with van der Waals surface area (Å²) < 4.78 is 1.60. The molecule has 1 unspecified atom stereocenters. The number of hydrogen-bond donors (Lipinski definition) is 2. The number of hydrogen-bond acceptors (Lipinski definition) is 4. The van der Waals surface area contributed by atoms with E-state index in [2.05, 4.69) is 10.4 Å². The second-order valence-electron chi connectivity index (χ2n) is 8.26. The highest BCUT2D eigenvalue weighted by Gasteiger charge is 2.63. The molecule has 2 aromatic carbocycles. The van der Waals surface area contributed by atoms with Crippen LogP contribution in [-0.4, -0.2) is 32.9 Å². The SMILES string of the molecule is NC(=O)C(=O)[C@@]1(NC(=O)c2cc(C3CC3)nn2-c2ccccc2)CC1c1ccccc1.